The van der Waals surface area contributed by atoms with Gasteiger partial charge in [0.2, 0.25) is 11.8 Å². The fourth-order valence-corrected chi connectivity index (χ4v) is 2.86. The summed E-state index contributed by atoms with van der Waals surface area (Å²) < 4.78 is 12.6. The lowest BCUT2D eigenvalue weighted by Gasteiger charge is -2.09. The van der Waals surface area contributed by atoms with E-state index in [9.17, 15) is 0 Å². The Kier molecular flexibility index (Phi) is 4.64. The van der Waals surface area contributed by atoms with E-state index in [4.69, 9.17) is 21.1 Å². The maximum atomic E-state index is 5.53. The van der Waals surface area contributed by atoms with Crippen LogP contribution in [0.1, 0.15) is 18.5 Å². The molecule has 0 bridgehead atoms. The van der Waals surface area contributed by atoms with Gasteiger partial charge in [0.25, 0.3) is 0 Å². The molecule has 1 aromatic rings. The van der Waals surface area contributed by atoms with Crippen molar-refractivity contribution in [3.05, 3.63) is 35.9 Å². The summed E-state index contributed by atoms with van der Waals surface area (Å²) in [6, 6.07) is 10.8. The van der Waals surface area contributed by atoms with E-state index in [1.807, 2.05) is 29.8 Å². The number of nitrogens with zero attached hydrogens (tertiary/aromatic N) is 2. The summed E-state index contributed by atoms with van der Waals surface area (Å²) in [6.07, 6.45) is 0. The van der Waals surface area contributed by atoms with Crippen LogP contribution in [0.3, 0.4) is 0 Å². The summed E-state index contributed by atoms with van der Waals surface area (Å²) in [5, 5.41) is 0. The Morgan fingerprint density at radius 1 is 1.44 bits per heavy atom. The number of amidine groups is 1. The summed E-state index contributed by atoms with van der Waals surface area (Å²) in [5.74, 6) is 0. The van der Waals surface area contributed by atoms with Crippen LogP contribution in [0.4, 0.5) is 0 Å². The quantitative estimate of drug-likeness (QED) is 0.796. The Hall–Kier alpha value is -1.03. The van der Waals surface area contributed by atoms with Crippen molar-refractivity contribution in [2.75, 3.05) is 20.3 Å². The zero-order valence-electron chi connectivity index (χ0n) is 10.4. The lowest BCUT2D eigenvalue weighted by molar-refractivity contribution is 0.349. The zero-order valence-corrected chi connectivity index (χ0v) is 12.2. The topological polar surface area (TPSA) is 34.1 Å². The van der Waals surface area contributed by atoms with Gasteiger partial charge in [0.05, 0.1) is 13.2 Å². The fraction of sp³-hybridized carbons (Fsp3) is 0.417. The minimum atomic E-state index is -1.06. The molecule has 2 atom stereocenters. The number of ether oxygens (including phenoxy) is 1. The Bertz CT molecular complexity index is 453. The van der Waals surface area contributed by atoms with Gasteiger partial charge in [-0.15, -0.1) is 4.67 Å². The molecule has 0 aromatic heterocycles. The molecule has 1 fully saturated rings. The first kappa shape index (κ1) is 13.4. The fourth-order valence-electron chi connectivity index (χ4n) is 1.72. The smallest absolute Gasteiger partial charge is 0.461 e. The van der Waals surface area contributed by atoms with Crippen LogP contribution in [-0.4, -0.2) is 31.0 Å². The minimum absolute atomic E-state index is 0.0528. The summed E-state index contributed by atoms with van der Waals surface area (Å²) >= 11 is 5.25. The third-order valence-electron chi connectivity index (χ3n) is 2.69. The molecule has 2 rings (SSSR count). The molecule has 1 heterocycles. The van der Waals surface area contributed by atoms with Gasteiger partial charge in [0, 0.05) is 0 Å². The summed E-state index contributed by atoms with van der Waals surface area (Å²) in [4.78, 5) is 4.59. The Labute approximate surface area is 113 Å². The van der Waals surface area contributed by atoms with Crippen molar-refractivity contribution in [1.82, 2.24) is 4.67 Å². The van der Waals surface area contributed by atoms with Crippen LogP contribution in [0, 0.1) is 0 Å². The van der Waals surface area contributed by atoms with Crippen LogP contribution in [0.5, 0.6) is 0 Å². The first-order valence-electron chi connectivity index (χ1n) is 5.76. The van der Waals surface area contributed by atoms with Gasteiger partial charge in [-0.2, -0.15) is 4.52 Å². The van der Waals surface area contributed by atoms with E-state index in [0.29, 0.717) is 12.6 Å². The monoisotopic (exact) mass is 283 g/mol. The molecule has 96 valence electrons. The Morgan fingerprint density at radius 3 is 2.83 bits per heavy atom. The standard InChI is InChI=1S/C12H16N2O2PS/c1-10(11-6-4-3-5-7-11)13-12-14(8-9-16-12)17(18)15-2/h3-7,10H,8-9H2,1-2H3/q+1/t10-/m0/s1. The number of benzene rings is 1. The molecule has 1 aliphatic heterocycles. The van der Waals surface area contributed by atoms with Crippen LogP contribution < -0.4 is 0 Å². The van der Waals surface area contributed by atoms with Crippen LogP contribution in [-0.2, 0) is 21.1 Å². The minimum Gasteiger partial charge on any atom is -0.461 e. The van der Waals surface area contributed by atoms with E-state index in [1.54, 1.807) is 7.11 Å². The molecule has 18 heavy (non-hydrogen) atoms. The SMILES string of the molecule is CO[P+](=S)N1CCOC1=N[C@@H](C)c1ccccc1. The predicted octanol–water partition coefficient (Wildman–Crippen LogP) is 2.86. The summed E-state index contributed by atoms with van der Waals surface area (Å²) in [5.41, 5.74) is 1.16. The predicted molar refractivity (Wildman–Crippen MR) is 76.2 cm³/mol. The summed E-state index contributed by atoms with van der Waals surface area (Å²) in [7, 11) is 0.563. The normalized spacial score (nSPS) is 19.8. The Morgan fingerprint density at radius 2 is 2.17 bits per heavy atom. The van der Waals surface area contributed by atoms with Crippen molar-refractivity contribution < 1.29 is 9.26 Å². The van der Waals surface area contributed by atoms with Crippen LogP contribution >= 0.6 is 7.07 Å². The van der Waals surface area contributed by atoms with E-state index >= 15 is 0 Å². The second-order valence-electron chi connectivity index (χ2n) is 3.89. The molecule has 0 spiro atoms. The van der Waals surface area contributed by atoms with Gasteiger partial charge < -0.3 is 4.74 Å². The van der Waals surface area contributed by atoms with E-state index in [1.165, 1.54) is 0 Å². The molecule has 0 amide bonds. The number of hydrogen-bond donors (Lipinski definition) is 0. The molecule has 1 unspecified atom stereocenters. The van der Waals surface area contributed by atoms with Crippen LogP contribution in [0.25, 0.3) is 0 Å². The van der Waals surface area contributed by atoms with Crippen molar-refractivity contribution in [3.8, 4) is 0 Å². The lowest BCUT2D eigenvalue weighted by Crippen LogP contribution is -2.18. The average molecular weight is 283 g/mol. The highest BCUT2D eigenvalue weighted by Gasteiger charge is 2.34. The van der Waals surface area contributed by atoms with E-state index in [-0.39, 0.29) is 6.04 Å². The van der Waals surface area contributed by atoms with Gasteiger partial charge in [-0.3, -0.25) is 0 Å². The van der Waals surface area contributed by atoms with Gasteiger partial charge >= 0.3 is 13.1 Å². The molecular formula is C12H16N2O2PS+. The zero-order chi connectivity index (χ0) is 13.0. The second kappa shape index (κ2) is 6.23. The lowest BCUT2D eigenvalue weighted by atomic mass is 10.1. The second-order valence-corrected chi connectivity index (χ2v) is 6.15. The largest absolute Gasteiger partial charge is 0.476 e. The van der Waals surface area contributed by atoms with Gasteiger partial charge in [-0.1, -0.05) is 30.3 Å². The van der Waals surface area contributed by atoms with Crippen molar-refractivity contribution in [3.63, 3.8) is 0 Å². The third kappa shape index (κ3) is 3.05. The van der Waals surface area contributed by atoms with E-state index < -0.39 is 7.07 Å². The van der Waals surface area contributed by atoms with Crippen LogP contribution in [0.2, 0.25) is 0 Å². The highest BCUT2D eigenvalue weighted by atomic mass is 32.4. The van der Waals surface area contributed by atoms with Crippen molar-refractivity contribution in [2.45, 2.75) is 13.0 Å². The molecule has 0 saturated carbocycles. The molecule has 0 N–H and O–H groups in total. The van der Waals surface area contributed by atoms with Crippen LogP contribution in [0.15, 0.2) is 35.3 Å². The van der Waals surface area contributed by atoms with Gasteiger partial charge in [0.15, 0.2) is 0 Å². The van der Waals surface area contributed by atoms with E-state index in [2.05, 4.69) is 17.1 Å². The molecule has 0 radical (unpaired) electrons. The number of hydrogen-bond acceptors (Lipinski definition) is 4. The molecule has 1 aromatic carbocycles. The average Bonchev–Trinajstić information content (AvgIpc) is 2.87. The molecule has 1 saturated heterocycles. The number of rotatable bonds is 4. The number of aliphatic imine (C=N–C) groups is 1. The first-order chi connectivity index (χ1) is 8.72. The Balaban J connectivity index is 2.15. The third-order valence-corrected chi connectivity index (χ3v) is 4.81. The first-order valence-corrected chi connectivity index (χ1v) is 7.99. The highest BCUT2D eigenvalue weighted by Crippen LogP contribution is 2.31. The van der Waals surface area contributed by atoms with Gasteiger partial charge in [-0.05, 0) is 12.5 Å². The van der Waals surface area contributed by atoms with E-state index in [0.717, 1.165) is 12.1 Å². The van der Waals surface area contributed by atoms with Crippen molar-refractivity contribution >= 4 is 24.9 Å². The maximum absolute atomic E-state index is 5.53. The summed E-state index contributed by atoms with van der Waals surface area (Å²) in [6.45, 7) is 3.42. The maximum Gasteiger partial charge on any atom is 0.476 e. The highest BCUT2D eigenvalue weighted by molar-refractivity contribution is 8.02. The molecule has 4 nitrogen and oxygen atoms in total. The molecule has 1 aliphatic rings. The molecule has 6 heteroatoms. The van der Waals surface area contributed by atoms with Crippen molar-refractivity contribution in [2.24, 2.45) is 4.99 Å². The van der Waals surface area contributed by atoms with Gasteiger partial charge in [-0.25, -0.2) is 4.99 Å². The van der Waals surface area contributed by atoms with Crippen molar-refractivity contribution in [1.29, 1.82) is 0 Å². The van der Waals surface area contributed by atoms with Gasteiger partial charge in [0.1, 0.15) is 13.2 Å². The molecular weight excluding hydrogens is 267 g/mol. The molecule has 0 aliphatic carbocycles.